The van der Waals surface area contributed by atoms with E-state index in [1.54, 1.807) is 12.1 Å². The maximum atomic E-state index is 13.4. The normalized spacial score (nSPS) is 17.0. The molecule has 1 heterocycles. The van der Waals surface area contributed by atoms with Crippen molar-refractivity contribution in [3.05, 3.63) is 30.1 Å². The number of piperidine rings is 1. The van der Waals surface area contributed by atoms with Gasteiger partial charge in [-0.3, -0.25) is 9.20 Å². The Bertz CT molecular complexity index is 658. The second kappa shape index (κ2) is 11.9. The number of guanidine groups is 1. The first-order valence-electron chi connectivity index (χ1n) is 9.73. The number of rotatable bonds is 6. The molecule has 1 aromatic rings. The molecule has 2 N–H and O–H groups in total. The van der Waals surface area contributed by atoms with E-state index in [-0.39, 0.29) is 34.5 Å². The van der Waals surface area contributed by atoms with Gasteiger partial charge < -0.3 is 15.5 Å². The SMILES string of the molecule is CCNC(=NCCS(=O)C(C)(C)C)NC1CCN(c2cccc(F)c2)CC1.I. The molecule has 1 unspecified atom stereocenters. The van der Waals surface area contributed by atoms with Crippen molar-refractivity contribution in [2.24, 2.45) is 4.99 Å². The fraction of sp³-hybridized carbons (Fsp3) is 0.650. The van der Waals surface area contributed by atoms with Gasteiger partial charge >= 0.3 is 0 Å². The summed E-state index contributed by atoms with van der Waals surface area (Å²) in [5, 5.41) is 6.76. The van der Waals surface area contributed by atoms with Crippen molar-refractivity contribution in [3.8, 4) is 0 Å². The van der Waals surface area contributed by atoms with Crippen LogP contribution in [0.3, 0.4) is 0 Å². The van der Waals surface area contributed by atoms with E-state index >= 15 is 0 Å². The largest absolute Gasteiger partial charge is 0.371 e. The lowest BCUT2D eigenvalue weighted by atomic mass is 10.0. The quantitative estimate of drug-likeness (QED) is 0.340. The summed E-state index contributed by atoms with van der Waals surface area (Å²) in [6.45, 7) is 11.1. The third kappa shape index (κ3) is 8.23. The minimum Gasteiger partial charge on any atom is -0.371 e. The van der Waals surface area contributed by atoms with Gasteiger partial charge in [-0.05, 0) is 58.7 Å². The highest BCUT2D eigenvalue weighted by molar-refractivity contribution is 14.0. The molecular formula is C20H34FIN4OS. The third-order valence-electron chi connectivity index (χ3n) is 4.58. The maximum Gasteiger partial charge on any atom is 0.191 e. The smallest absolute Gasteiger partial charge is 0.191 e. The van der Waals surface area contributed by atoms with Gasteiger partial charge in [-0.25, -0.2) is 4.39 Å². The van der Waals surface area contributed by atoms with Gasteiger partial charge in [0.1, 0.15) is 5.82 Å². The molecular weight excluding hydrogens is 490 g/mol. The summed E-state index contributed by atoms with van der Waals surface area (Å²) in [5.74, 6) is 1.16. The first-order chi connectivity index (χ1) is 12.8. The predicted molar refractivity (Wildman–Crippen MR) is 129 cm³/mol. The molecule has 160 valence electrons. The molecule has 0 aliphatic carbocycles. The summed E-state index contributed by atoms with van der Waals surface area (Å²) in [4.78, 5) is 6.81. The fourth-order valence-corrected chi connectivity index (χ4v) is 3.88. The van der Waals surface area contributed by atoms with Crippen LogP contribution < -0.4 is 15.5 Å². The molecule has 1 atom stereocenters. The Kier molecular flexibility index (Phi) is 10.7. The molecule has 1 aliphatic rings. The van der Waals surface area contributed by atoms with Crippen LogP contribution in [-0.4, -0.2) is 52.9 Å². The Hall–Kier alpha value is -0.900. The van der Waals surface area contributed by atoms with Crippen LogP contribution in [0.15, 0.2) is 29.3 Å². The van der Waals surface area contributed by atoms with Crippen LogP contribution in [0.4, 0.5) is 10.1 Å². The number of hydrogen-bond acceptors (Lipinski definition) is 3. The van der Waals surface area contributed by atoms with Gasteiger partial charge in [0.2, 0.25) is 0 Å². The van der Waals surface area contributed by atoms with Crippen LogP contribution in [-0.2, 0) is 10.8 Å². The molecule has 0 spiro atoms. The molecule has 1 fully saturated rings. The number of benzene rings is 1. The summed E-state index contributed by atoms with van der Waals surface area (Å²) >= 11 is 0. The highest BCUT2D eigenvalue weighted by atomic mass is 127. The molecule has 0 aromatic heterocycles. The Labute approximate surface area is 188 Å². The van der Waals surface area contributed by atoms with Gasteiger partial charge in [0.15, 0.2) is 5.96 Å². The lowest BCUT2D eigenvalue weighted by Crippen LogP contribution is -2.49. The van der Waals surface area contributed by atoms with E-state index < -0.39 is 10.8 Å². The zero-order valence-corrected chi connectivity index (χ0v) is 20.5. The second-order valence-electron chi connectivity index (χ2n) is 7.81. The molecule has 0 amide bonds. The van der Waals surface area contributed by atoms with Crippen LogP contribution in [0.5, 0.6) is 0 Å². The number of anilines is 1. The first kappa shape index (κ1) is 25.1. The maximum absolute atomic E-state index is 13.4. The van der Waals surface area contributed by atoms with Crippen molar-refractivity contribution < 1.29 is 8.60 Å². The van der Waals surface area contributed by atoms with E-state index in [9.17, 15) is 8.60 Å². The highest BCUT2D eigenvalue weighted by Crippen LogP contribution is 2.20. The van der Waals surface area contributed by atoms with Crippen LogP contribution in [0, 0.1) is 5.82 Å². The van der Waals surface area contributed by atoms with Crippen LogP contribution in [0.1, 0.15) is 40.5 Å². The first-order valence-corrected chi connectivity index (χ1v) is 11.1. The van der Waals surface area contributed by atoms with E-state index in [0.29, 0.717) is 18.3 Å². The number of halogens is 2. The van der Waals surface area contributed by atoms with Gasteiger partial charge in [-0.1, -0.05) is 6.07 Å². The molecule has 1 saturated heterocycles. The highest BCUT2D eigenvalue weighted by Gasteiger charge is 2.21. The topological polar surface area (TPSA) is 56.7 Å². The molecule has 0 saturated carbocycles. The lowest BCUT2D eigenvalue weighted by molar-refractivity contribution is 0.461. The molecule has 2 rings (SSSR count). The Morgan fingerprint density at radius 3 is 2.57 bits per heavy atom. The molecule has 28 heavy (non-hydrogen) atoms. The zero-order chi connectivity index (χ0) is 19.9. The van der Waals surface area contributed by atoms with Crippen molar-refractivity contribution >= 4 is 46.4 Å². The Morgan fingerprint density at radius 2 is 2.00 bits per heavy atom. The van der Waals surface area contributed by atoms with Crippen molar-refractivity contribution in [1.29, 1.82) is 0 Å². The number of hydrogen-bond donors (Lipinski definition) is 2. The summed E-state index contributed by atoms with van der Waals surface area (Å²) in [7, 11) is -0.892. The summed E-state index contributed by atoms with van der Waals surface area (Å²) in [5.41, 5.74) is 0.943. The monoisotopic (exact) mass is 524 g/mol. The van der Waals surface area contributed by atoms with Gasteiger partial charge in [0.25, 0.3) is 0 Å². The van der Waals surface area contributed by atoms with Crippen LogP contribution in [0.25, 0.3) is 0 Å². The average Bonchev–Trinajstić information content (AvgIpc) is 2.61. The number of nitrogens with zero attached hydrogens (tertiary/aromatic N) is 2. The fourth-order valence-electron chi connectivity index (χ4n) is 3.01. The third-order valence-corrected chi connectivity index (χ3v) is 6.50. The van der Waals surface area contributed by atoms with Crippen LogP contribution in [0.2, 0.25) is 0 Å². The second-order valence-corrected chi connectivity index (χ2v) is 10.1. The van der Waals surface area contributed by atoms with E-state index in [1.807, 2.05) is 33.8 Å². The van der Waals surface area contributed by atoms with E-state index in [2.05, 4.69) is 20.5 Å². The molecule has 1 aliphatic heterocycles. The standard InChI is InChI=1S/C20H33FN4OS.HI/c1-5-22-19(23-11-14-27(26)20(2,3)4)24-17-9-12-25(13-10-17)18-8-6-7-16(21)15-18;/h6-8,15,17H,5,9-14H2,1-4H3,(H2,22,23,24);1H. The van der Waals surface area contributed by atoms with E-state index in [0.717, 1.165) is 44.1 Å². The number of aliphatic imine (C=N–C) groups is 1. The van der Waals surface area contributed by atoms with Crippen LogP contribution >= 0.6 is 24.0 Å². The summed E-state index contributed by atoms with van der Waals surface area (Å²) in [6, 6.07) is 7.11. The van der Waals surface area contributed by atoms with Crippen molar-refractivity contribution in [1.82, 2.24) is 10.6 Å². The van der Waals surface area contributed by atoms with Crippen molar-refractivity contribution in [3.63, 3.8) is 0 Å². The number of nitrogens with one attached hydrogen (secondary N) is 2. The summed E-state index contributed by atoms with van der Waals surface area (Å²) in [6.07, 6.45) is 1.93. The van der Waals surface area contributed by atoms with Gasteiger partial charge in [0, 0.05) is 52.7 Å². The minimum absolute atomic E-state index is 0. The van der Waals surface area contributed by atoms with Crippen molar-refractivity contribution in [2.45, 2.75) is 51.3 Å². The average molecular weight is 524 g/mol. The molecule has 0 radical (unpaired) electrons. The summed E-state index contributed by atoms with van der Waals surface area (Å²) < 4.78 is 25.4. The van der Waals surface area contributed by atoms with Gasteiger partial charge in [0.05, 0.1) is 6.54 Å². The van der Waals surface area contributed by atoms with E-state index in [1.165, 1.54) is 6.07 Å². The van der Waals surface area contributed by atoms with Gasteiger partial charge in [-0.2, -0.15) is 0 Å². The Balaban J connectivity index is 0.00000392. The van der Waals surface area contributed by atoms with Gasteiger partial charge in [-0.15, -0.1) is 24.0 Å². The molecule has 0 bridgehead atoms. The Morgan fingerprint density at radius 1 is 1.32 bits per heavy atom. The predicted octanol–water partition coefficient (Wildman–Crippen LogP) is 3.51. The molecule has 8 heteroatoms. The van der Waals surface area contributed by atoms with E-state index in [4.69, 9.17) is 0 Å². The lowest BCUT2D eigenvalue weighted by Gasteiger charge is -2.34. The molecule has 1 aromatic carbocycles. The zero-order valence-electron chi connectivity index (χ0n) is 17.3. The molecule has 5 nitrogen and oxygen atoms in total. The van der Waals surface area contributed by atoms with Crippen molar-refractivity contribution in [2.75, 3.05) is 36.8 Å². The minimum atomic E-state index is -0.892.